The highest BCUT2D eigenvalue weighted by molar-refractivity contribution is 5.59. The normalized spacial score (nSPS) is 23.2. The van der Waals surface area contributed by atoms with Gasteiger partial charge in [-0.2, -0.15) is 0 Å². The molecular formula is C13H20N2O. The number of aryl methyl sites for hydroxylation is 1. The van der Waals surface area contributed by atoms with Crippen molar-refractivity contribution in [2.45, 2.75) is 32.4 Å². The van der Waals surface area contributed by atoms with Gasteiger partial charge in [0.1, 0.15) is 11.9 Å². The first-order valence-corrected chi connectivity index (χ1v) is 5.89. The summed E-state index contributed by atoms with van der Waals surface area (Å²) in [5, 5.41) is 6.66. The highest BCUT2D eigenvalue weighted by atomic mass is 16.5. The second-order valence-electron chi connectivity index (χ2n) is 4.48. The molecule has 2 unspecified atom stereocenters. The van der Waals surface area contributed by atoms with Gasteiger partial charge in [-0.15, -0.1) is 0 Å². The molecule has 0 amide bonds. The fourth-order valence-corrected chi connectivity index (χ4v) is 2.05. The summed E-state index contributed by atoms with van der Waals surface area (Å²) in [4.78, 5) is 0. The highest BCUT2D eigenvalue weighted by Crippen LogP contribution is 2.32. The number of ether oxygens (including phenoxy) is 1. The van der Waals surface area contributed by atoms with Gasteiger partial charge in [-0.05, 0) is 51.6 Å². The summed E-state index contributed by atoms with van der Waals surface area (Å²) in [6.07, 6.45) is 1.28. The summed E-state index contributed by atoms with van der Waals surface area (Å²) in [5.74, 6) is 0.985. The maximum absolute atomic E-state index is 6.02. The van der Waals surface area contributed by atoms with Crippen molar-refractivity contribution >= 4 is 5.69 Å². The van der Waals surface area contributed by atoms with Crippen LogP contribution in [-0.2, 0) is 0 Å². The third-order valence-corrected chi connectivity index (χ3v) is 3.04. The van der Waals surface area contributed by atoms with Gasteiger partial charge in [-0.3, -0.25) is 0 Å². The van der Waals surface area contributed by atoms with E-state index in [1.165, 1.54) is 5.56 Å². The molecule has 0 spiro atoms. The van der Waals surface area contributed by atoms with Crippen molar-refractivity contribution in [2.75, 3.05) is 18.9 Å². The zero-order valence-corrected chi connectivity index (χ0v) is 10.2. The average Bonchev–Trinajstić information content (AvgIpc) is 2.27. The van der Waals surface area contributed by atoms with Crippen molar-refractivity contribution in [1.82, 2.24) is 5.32 Å². The summed E-state index contributed by atoms with van der Waals surface area (Å²) in [6, 6.07) is 6.66. The van der Waals surface area contributed by atoms with Crippen molar-refractivity contribution in [3.05, 3.63) is 23.8 Å². The number of hydrogen-bond donors (Lipinski definition) is 2. The first-order valence-electron chi connectivity index (χ1n) is 5.89. The lowest BCUT2D eigenvalue weighted by molar-refractivity contribution is 0.165. The Hall–Kier alpha value is -1.22. The summed E-state index contributed by atoms with van der Waals surface area (Å²) in [5.41, 5.74) is 2.35. The largest absolute Gasteiger partial charge is 0.486 e. The van der Waals surface area contributed by atoms with E-state index in [0.29, 0.717) is 6.04 Å². The highest BCUT2D eigenvalue weighted by Gasteiger charge is 2.25. The minimum atomic E-state index is 0.252. The molecule has 0 aliphatic carbocycles. The van der Waals surface area contributed by atoms with E-state index in [1.54, 1.807) is 0 Å². The molecule has 0 fully saturated rings. The monoisotopic (exact) mass is 220 g/mol. The van der Waals surface area contributed by atoms with E-state index in [9.17, 15) is 0 Å². The van der Waals surface area contributed by atoms with Crippen LogP contribution >= 0.6 is 0 Å². The number of benzene rings is 1. The van der Waals surface area contributed by atoms with Crippen molar-refractivity contribution in [3.63, 3.8) is 0 Å². The Balaban J connectivity index is 2.13. The molecular weight excluding hydrogens is 200 g/mol. The van der Waals surface area contributed by atoms with Crippen LogP contribution in [0.3, 0.4) is 0 Å². The van der Waals surface area contributed by atoms with Crippen molar-refractivity contribution in [2.24, 2.45) is 0 Å². The Morgan fingerprint density at radius 2 is 2.25 bits per heavy atom. The van der Waals surface area contributed by atoms with Gasteiger partial charge in [0.25, 0.3) is 0 Å². The zero-order chi connectivity index (χ0) is 11.5. The lowest BCUT2D eigenvalue weighted by atomic mass is 10.1. The topological polar surface area (TPSA) is 33.3 Å². The summed E-state index contributed by atoms with van der Waals surface area (Å²) < 4.78 is 6.02. The molecule has 16 heavy (non-hydrogen) atoms. The van der Waals surface area contributed by atoms with E-state index in [-0.39, 0.29) is 6.10 Å². The molecule has 1 aromatic carbocycles. The van der Waals surface area contributed by atoms with Crippen molar-refractivity contribution in [1.29, 1.82) is 0 Å². The number of anilines is 1. The van der Waals surface area contributed by atoms with Gasteiger partial charge < -0.3 is 15.4 Å². The Bertz CT molecular complexity index is 365. The predicted octanol–water partition coefficient (Wildman–Crippen LogP) is 2.17. The average molecular weight is 220 g/mol. The fraction of sp³-hybridized carbons (Fsp3) is 0.538. The van der Waals surface area contributed by atoms with Crippen LogP contribution in [-0.4, -0.2) is 25.7 Å². The van der Waals surface area contributed by atoms with Crippen LogP contribution in [0.5, 0.6) is 5.75 Å². The van der Waals surface area contributed by atoms with E-state index in [1.807, 2.05) is 7.05 Å². The molecule has 2 atom stereocenters. The maximum atomic E-state index is 6.02. The Morgan fingerprint density at radius 3 is 3.00 bits per heavy atom. The molecule has 1 aromatic rings. The van der Waals surface area contributed by atoms with Crippen LogP contribution in [0.1, 0.15) is 18.9 Å². The fourth-order valence-electron chi connectivity index (χ4n) is 2.05. The van der Waals surface area contributed by atoms with E-state index in [2.05, 4.69) is 42.7 Å². The van der Waals surface area contributed by atoms with Crippen LogP contribution in [0.2, 0.25) is 0 Å². The number of fused-ring (bicyclic) bond motifs is 1. The molecule has 0 saturated carbocycles. The van der Waals surface area contributed by atoms with Crippen molar-refractivity contribution < 1.29 is 4.74 Å². The van der Waals surface area contributed by atoms with E-state index >= 15 is 0 Å². The molecule has 2 N–H and O–H groups in total. The maximum Gasteiger partial charge on any atom is 0.143 e. The molecule has 0 aromatic heterocycles. The van der Waals surface area contributed by atoms with E-state index in [0.717, 1.165) is 24.4 Å². The number of hydrogen-bond acceptors (Lipinski definition) is 3. The minimum Gasteiger partial charge on any atom is -0.486 e. The van der Waals surface area contributed by atoms with Crippen LogP contribution in [0.25, 0.3) is 0 Å². The Kier molecular flexibility index (Phi) is 3.34. The third kappa shape index (κ3) is 2.30. The lowest BCUT2D eigenvalue weighted by Gasteiger charge is -2.33. The summed E-state index contributed by atoms with van der Waals surface area (Å²) in [7, 11) is 1.97. The zero-order valence-electron chi connectivity index (χ0n) is 10.2. The second kappa shape index (κ2) is 4.74. The van der Waals surface area contributed by atoms with Gasteiger partial charge in [-0.1, -0.05) is 6.07 Å². The van der Waals surface area contributed by atoms with Gasteiger partial charge >= 0.3 is 0 Å². The van der Waals surface area contributed by atoms with Gasteiger partial charge in [0, 0.05) is 0 Å². The van der Waals surface area contributed by atoms with Crippen LogP contribution in [0, 0.1) is 6.92 Å². The second-order valence-corrected chi connectivity index (χ2v) is 4.48. The molecule has 1 heterocycles. The van der Waals surface area contributed by atoms with E-state index in [4.69, 9.17) is 4.74 Å². The molecule has 0 saturated heterocycles. The van der Waals surface area contributed by atoms with Crippen LogP contribution in [0.4, 0.5) is 5.69 Å². The van der Waals surface area contributed by atoms with Crippen LogP contribution in [0.15, 0.2) is 18.2 Å². The summed E-state index contributed by atoms with van der Waals surface area (Å²) >= 11 is 0. The molecule has 1 aliphatic heterocycles. The van der Waals surface area contributed by atoms with Gasteiger partial charge in [0.15, 0.2) is 0 Å². The van der Waals surface area contributed by atoms with Gasteiger partial charge in [0.2, 0.25) is 0 Å². The smallest absolute Gasteiger partial charge is 0.143 e. The molecule has 2 rings (SSSR count). The molecule has 0 radical (unpaired) electrons. The molecule has 3 nitrogen and oxygen atoms in total. The van der Waals surface area contributed by atoms with Crippen LogP contribution < -0.4 is 15.4 Å². The minimum absolute atomic E-state index is 0.252. The molecule has 0 bridgehead atoms. The quantitative estimate of drug-likeness (QED) is 0.819. The summed E-state index contributed by atoms with van der Waals surface area (Å²) in [6.45, 7) is 5.24. The van der Waals surface area contributed by atoms with Crippen molar-refractivity contribution in [3.8, 4) is 5.75 Å². The molecule has 3 heteroatoms. The SMILES string of the molecule is CNCCC1Oc2cc(C)ccc2NC1C. The molecule has 1 aliphatic rings. The van der Waals surface area contributed by atoms with Gasteiger partial charge in [-0.25, -0.2) is 0 Å². The molecule has 88 valence electrons. The number of rotatable bonds is 3. The lowest BCUT2D eigenvalue weighted by Crippen LogP contribution is -2.40. The predicted molar refractivity (Wildman–Crippen MR) is 67.2 cm³/mol. The first kappa shape index (κ1) is 11.3. The third-order valence-electron chi connectivity index (χ3n) is 3.04. The van der Waals surface area contributed by atoms with Gasteiger partial charge in [0.05, 0.1) is 11.7 Å². The number of nitrogens with one attached hydrogen (secondary N) is 2. The Morgan fingerprint density at radius 1 is 1.44 bits per heavy atom. The standard InChI is InChI=1S/C13H20N2O/c1-9-4-5-11-13(8-9)16-12(6-7-14-3)10(2)15-11/h4-5,8,10,12,14-15H,6-7H2,1-3H3. The Labute approximate surface area is 97.2 Å². The first-order chi connectivity index (χ1) is 7.70. The van der Waals surface area contributed by atoms with E-state index < -0.39 is 0 Å².